The van der Waals surface area contributed by atoms with E-state index in [1.807, 2.05) is 0 Å². The van der Waals surface area contributed by atoms with Gasteiger partial charge in [0.05, 0.1) is 24.3 Å². The maximum atomic E-state index is 12.4. The zero-order valence-electron chi connectivity index (χ0n) is 11.9. The summed E-state index contributed by atoms with van der Waals surface area (Å²) >= 11 is 0. The number of hydrogen-bond donors (Lipinski definition) is 1. The van der Waals surface area contributed by atoms with Crippen LogP contribution < -0.4 is 5.32 Å². The van der Waals surface area contributed by atoms with E-state index in [9.17, 15) is 9.59 Å². The number of anilines is 1. The molecule has 1 aromatic rings. The van der Waals surface area contributed by atoms with Gasteiger partial charge in [0.25, 0.3) is 0 Å². The first-order valence-corrected chi connectivity index (χ1v) is 7.11. The molecule has 2 saturated heterocycles. The first-order chi connectivity index (χ1) is 10.1. The molecule has 0 aliphatic carbocycles. The van der Waals surface area contributed by atoms with Crippen LogP contribution in [0.4, 0.5) is 5.82 Å². The number of piperidine rings is 1. The van der Waals surface area contributed by atoms with E-state index in [4.69, 9.17) is 4.74 Å². The van der Waals surface area contributed by atoms with Crippen molar-refractivity contribution in [2.45, 2.75) is 31.9 Å². The molecule has 1 aromatic heterocycles. The van der Waals surface area contributed by atoms with E-state index in [0.29, 0.717) is 25.4 Å². The van der Waals surface area contributed by atoms with Crippen molar-refractivity contribution in [3.05, 3.63) is 18.6 Å². The summed E-state index contributed by atoms with van der Waals surface area (Å²) in [5, 5.41) is 2.74. The van der Waals surface area contributed by atoms with Gasteiger partial charge in [-0.25, -0.2) is 4.98 Å². The molecule has 2 fully saturated rings. The smallest absolute Gasteiger partial charge is 0.230 e. The third kappa shape index (κ3) is 2.87. The molecule has 0 unspecified atom stereocenters. The highest BCUT2D eigenvalue weighted by Crippen LogP contribution is 2.31. The molecule has 2 amide bonds. The van der Waals surface area contributed by atoms with E-state index < -0.39 is 0 Å². The minimum absolute atomic E-state index is 0.00694. The van der Waals surface area contributed by atoms with Gasteiger partial charge >= 0.3 is 0 Å². The monoisotopic (exact) mass is 290 g/mol. The molecule has 3 heterocycles. The van der Waals surface area contributed by atoms with Gasteiger partial charge in [-0.05, 0) is 12.8 Å². The summed E-state index contributed by atoms with van der Waals surface area (Å²) in [5.74, 6) is -0.00945. The van der Waals surface area contributed by atoms with Crippen molar-refractivity contribution in [1.82, 2.24) is 14.9 Å². The maximum absolute atomic E-state index is 12.4. The number of carbonyl (C=O) groups excluding carboxylic acids is 2. The van der Waals surface area contributed by atoms with Gasteiger partial charge in [0, 0.05) is 32.5 Å². The van der Waals surface area contributed by atoms with Crippen LogP contribution in [-0.4, -0.2) is 52.0 Å². The van der Waals surface area contributed by atoms with E-state index in [1.54, 1.807) is 18.0 Å². The van der Waals surface area contributed by atoms with Gasteiger partial charge in [-0.15, -0.1) is 0 Å². The number of likely N-dealkylation sites (tertiary alicyclic amines) is 1. The fourth-order valence-corrected chi connectivity index (χ4v) is 3.09. The van der Waals surface area contributed by atoms with E-state index in [1.165, 1.54) is 12.4 Å². The second-order valence-electron chi connectivity index (χ2n) is 5.45. The summed E-state index contributed by atoms with van der Waals surface area (Å²) in [6.45, 7) is 2.63. The number of carbonyl (C=O) groups is 2. The van der Waals surface area contributed by atoms with Crippen molar-refractivity contribution >= 4 is 17.6 Å². The SMILES string of the molecule is CC(=O)N1C[C@H](C(=O)Nc2cnccn2)C[C@H]2OCC[C@H]21. The van der Waals surface area contributed by atoms with Crippen LogP contribution in [-0.2, 0) is 14.3 Å². The van der Waals surface area contributed by atoms with Gasteiger partial charge in [0.15, 0.2) is 5.82 Å². The van der Waals surface area contributed by atoms with E-state index >= 15 is 0 Å². The fourth-order valence-electron chi connectivity index (χ4n) is 3.09. The van der Waals surface area contributed by atoms with Gasteiger partial charge in [-0.2, -0.15) is 0 Å². The number of hydrogen-bond acceptors (Lipinski definition) is 5. The number of aromatic nitrogens is 2. The van der Waals surface area contributed by atoms with Crippen molar-refractivity contribution in [1.29, 1.82) is 0 Å². The van der Waals surface area contributed by atoms with Crippen molar-refractivity contribution in [2.24, 2.45) is 5.92 Å². The molecule has 0 radical (unpaired) electrons. The molecule has 0 saturated carbocycles. The zero-order chi connectivity index (χ0) is 14.8. The molecule has 7 heteroatoms. The third-order valence-electron chi connectivity index (χ3n) is 4.10. The molecule has 3 rings (SSSR count). The average Bonchev–Trinajstić information content (AvgIpc) is 2.95. The average molecular weight is 290 g/mol. The highest BCUT2D eigenvalue weighted by Gasteiger charge is 2.43. The molecular formula is C14H18N4O3. The number of nitrogens with one attached hydrogen (secondary N) is 1. The number of nitrogens with zero attached hydrogens (tertiary/aromatic N) is 3. The molecular weight excluding hydrogens is 272 g/mol. The van der Waals surface area contributed by atoms with Gasteiger partial charge in [0.1, 0.15) is 0 Å². The number of amides is 2. The number of ether oxygens (including phenoxy) is 1. The molecule has 21 heavy (non-hydrogen) atoms. The Bertz CT molecular complexity index is 536. The molecule has 2 aliphatic heterocycles. The van der Waals surface area contributed by atoms with Crippen LogP contribution in [0.25, 0.3) is 0 Å². The Labute approximate surface area is 122 Å². The quantitative estimate of drug-likeness (QED) is 0.854. The van der Waals surface area contributed by atoms with Crippen LogP contribution in [0.5, 0.6) is 0 Å². The highest BCUT2D eigenvalue weighted by atomic mass is 16.5. The molecule has 0 spiro atoms. The minimum atomic E-state index is -0.282. The Morgan fingerprint density at radius 3 is 3.00 bits per heavy atom. The third-order valence-corrected chi connectivity index (χ3v) is 4.10. The summed E-state index contributed by atoms with van der Waals surface area (Å²) in [6, 6.07) is 0.114. The Kier molecular flexibility index (Phi) is 3.83. The molecule has 7 nitrogen and oxygen atoms in total. The lowest BCUT2D eigenvalue weighted by Gasteiger charge is -2.39. The van der Waals surface area contributed by atoms with Crippen molar-refractivity contribution < 1.29 is 14.3 Å². The van der Waals surface area contributed by atoms with Crippen LogP contribution in [0.1, 0.15) is 19.8 Å². The molecule has 112 valence electrons. The predicted octanol–water partition coefficient (Wildman–Crippen LogP) is 0.441. The molecule has 0 aromatic carbocycles. The highest BCUT2D eigenvalue weighted by molar-refractivity contribution is 5.92. The van der Waals surface area contributed by atoms with E-state index in [2.05, 4.69) is 15.3 Å². The van der Waals surface area contributed by atoms with Gasteiger partial charge < -0.3 is 15.0 Å². The van der Waals surface area contributed by atoms with Crippen LogP contribution in [0, 0.1) is 5.92 Å². The fraction of sp³-hybridized carbons (Fsp3) is 0.571. The Balaban J connectivity index is 1.70. The second kappa shape index (κ2) is 5.77. The summed E-state index contributed by atoms with van der Waals surface area (Å²) in [6.07, 6.45) is 6.01. The first kappa shape index (κ1) is 13.9. The Morgan fingerprint density at radius 1 is 1.43 bits per heavy atom. The summed E-state index contributed by atoms with van der Waals surface area (Å²) in [4.78, 5) is 33.8. The lowest BCUT2D eigenvalue weighted by atomic mass is 9.89. The molecule has 2 aliphatic rings. The largest absolute Gasteiger partial charge is 0.376 e. The molecule has 1 N–H and O–H groups in total. The van der Waals surface area contributed by atoms with Gasteiger partial charge in [-0.3, -0.25) is 14.6 Å². The standard InChI is InChI=1S/C14H18N4O3/c1-9(19)18-8-10(6-12-11(18)2-5-21-12)14(20)17-13-7-15-3-4-16-13/h3-4,7,10-12H,2,5-6,8H2,1H3,(H,16,17,20)/t10-,11-,12-/m1/s1. The van der Waals surface area contributed by atoms with Crippen molar-refractivity contribution in [2.75, 3.05) is 18.5 Å². The lowest BCUT2D eigenvalue weighted by molar-refractivity contribution is -0.138. The number of rotatable bonds is 2. The minimum Gasteiger partial charge on any atom is -0.376 e. The van der Waals surface area contributed by atoms with Crippen LogP contribution in [0.15, 0.2) is 18.6 Å². The van der Waals surface area contributed by atoms with Gasteiger partial charge in [-0.1, -0.05) is 0 Å². The molecule has 0 bridgehead atoms. The number of fused-ring (bicyclic) bond motifs is 1. The summed E-state index contributed by atoms with van der Waals surface area (Å²) < 4.78 is 5.67. The van der Waals surface area contributed by atoms with E-state index in [-0.39, 0.29) is 29.9 Å². The molecule has 3 atom stereocenters. The lowest BCUT2D eigenvalue weighted by Crippen LogP contribution is -2.53. The van der Waals surface area contributed by atoms with Crippen LogP contribution in [0.3, 0.4) is 0 Å². The zero-order valence-corrected chi connectivity index (χ0v) is 11.9. The van der Waals surface area contributed by atoms with Gasteiger partial charge in [0.2, 0.25) is 11.8 Å². The topological polar surface area (TPSA) is 84.4 Å². The summed E-state index contributed by atoms with van der Waals surface area (Å²) in [7, 11) is 0. The first-order valence-electron chi connectivity index (χ1n) is 7.11. The van der Waals surface area contributed by atoms with E-state index in [0.717, 1.165) is 6.42 Å². The van der Waals surface area contributed by atoms with Crippen molar-refractivity contribution in [3.63, 3.8) is 0 Å². The van der Waals surface area contributed by atoms with Crippen LogP contribution >= 0.6 is 0 Å². The Morgan fingerprint density at radius 2 is 2.29 bits per heavy atom. The second-order valence-corrected chi connectivity index (χ2v) is 5.45. The normalized spacial score (nSPS) is 28.0. The Hall–Kier alpha value is -2.02. The summed E-state index contributed by atoms with van der Waals surface area (Å²) in [5.41, 5.74) is 0. The van der Waals surface area contributed by atoms with Crippen molar-refractivity contribution in [3.8, 4) is 0 Å². The van der Waals surface area contributed by atoms with Crippen LogP contribution in [0.2, 0.25) is 0 Å². The predicted molar refractivity (Wildman–Crippen MR) is 74.3 cm³/mol. The maximum Gasteiger partial charge on any atom is 0.230 e.